The first-order valence-electron chi connectivity index (χ1n) is 15.6. The topological polar surface area (TPSA) is 66.8 Å². The minimum Gasteiger partial charge on any atom is -0.341 e. The number of hydrogen-bond acceptors (Lipinski definition) is 10. The summed E-state index contributed by atoms with van der Waals surface area (Å²) in [5.41, 5.74) is 7.17. The van der Waals surface area contributed by atoms with Gasteiger partial charge >= 0.3 is 0 Å². The third kappa shape index (κ3) is 7.97. The molecule has 8 rings (SSSR count). The molecule has 0 saturated carbocycles. The van der Waals surface area contributed by atoms with Crippen molar-refractivity contribution in [1.29, 1.82) is 0 Å². The zero-order valence-corrected chi connectivity index (χ0v) is 30.4. The van der Waals surface area contributed by atoms with Gasteiger partial charge in [-0.25, -0.2) is 14.5 Å². The minimum absolute atomic E-state index is 0.490. The Labute approximate surface area is 279 Å². The van der Waals surface area contributed by atoms with E-state index in [0.717, 1.165) is 36.2 Å². The van der Waals surface area contributed by atoms with Gasteiger partial charge in [-0.3, -0.25) is 4.99 Å². The van der Waals surface area contributed by atoms with Crippen LogP contribution in [0.2, 0.25) is 0 Å². The van der Waals surface area contributed by atoms with Gasteiger partial charge in [0, 0.05) is 49.6 Å². The highest BCUT2D eigenvalue weighted by molar-refractivity contribution is 8.16. The summed E-state index contributed by atoms with van der Waals surface area (Å²) in [6.45, 7) is 20.8. The molecule has 0 saturated heterocycles. The third-order valence-corrected chi connectivity index (χ3v) is 11.4. The van der Waals surface area contributed by atoms with Crippen LogP contribution in [0.15, 0.2) is 62.5 Å². The number of thioether (sulfide) groups is 3. The van der Waals surface area contributed by atoms with Gasteiger partial charge in [-0.2, -0.15) is 5.10 Å². The molecule has 0 N–H and O–H groups in total. The number of allylic oxidation sites excluding steroid dienone is 1. The Morgan fingerprint density at radius 3 is 2.32 bits per heavy atom. The molecule has 1 atom stereocenters. The lowest BCUT2D eigenvalue weighted by Crippen LogP contribution is -2.23. The molecule has 0 bridgehead atoms. The molecule has 0 spiro atoms. The molecule has 5 aliphatic heterocycles. The van der Waals surface area contributed by atoms with Crippen molar-refractivity contribution in [2.45, 2.75) is 90.7 Å². The number of hydrogen-bond donors (Lipinski definition) is 0. The van der Waals surface area contributed by atoms with E-state index in [-0.39, 0.29) is 0 Å². The van der Waals surface area contributed by atoms with E-state index < -0.39 is 0 Å². The number of aliphatic imine (C=N–C) groups is 1. The second-order valence-corrected chi connectivity index (χ2v) is 16.2. The standard InChI is InChI=1S/C9H13NS.2C8H12N2S.C7H9N3S/c1-7(2)8-5-9-10(6-8)3-4-11-9;1-6(2)7-5-10-3-4-11-8(10)9-7;1-6(2)7-5-11-8-9-3-4-10(7)8;1-5(2)6-3-10-7(9-6)11-4-8-10/h3-4,6-7,9H,5H2,1-2H3;2*5-6H,3-4H2,1-2H3;3-5H,1-2H3. The average molecular weight is 671 g/mol. The van der Waals surface area contributed by atoms with Crippen LogP contribution in [0.25, 0.3) is 4.96 Å². The molecular weight excluding hydrogens is 625 g/mol. The summed E-state index contributed by atoms with van der Waals surface area (Å²) in [4.78, 5) is 18.9. The van der Waals surface area contributed by atoms with Gasteiger partial charge in [-0.15, -0.1) is 11.8 Å². The Bertz CT molecular complexity index is 1470. The lowest BCUT2D eigenvalue weighted by molar-refractivity contribution is 0.499. The molecule has 238 valence electrons. The van der Waals surface area contributed by atoms with E-state index in [1.807, 2.05) is 34.2 Å². The number of aryl methyl sites for hydroxylation is 1. The lowest BCUT2D eigenvalue weighted by atomic mass is 10.0. The number of fused-ring (bicyclic) bond motifs is 4. The van der Waals surface area contributed by atoms with Gasteiger partial charge in [-0.05, 0) is 40.1 Å². The molecule has 12 heteroatoms. The summed E-state index contributed by atoms with van der Waals surface area (Å²) in [6.07, 6.45) is 9.88. The fraction of sp³-hybridized carbons (Fsp3) is 0.562. The van der Waals surface area contributed by atoms with Crippen molar-refractivity contribution in [1.82, 2.24) is 33.9 Å². The van der Waals surface area contributed by atoms with Crippen molar-refractivity contribution < 1.29 is 0 Å². The summed E-state index contributed by atoms with van der Waals surface area (Å²) >= 11 is 7.11. The first-order chi connectivity index (χ1) is 21.1. The van der Waals surface area contributed by atoms with E-state index in [1.165, 1.54) is 33.9 Å². The van der Waals surface area contributed by atoms with Crippen molar-refractivity contribution in [3.63, 3.8) is 0 Å². The molecule has 3 aromatic rings. The van der Waals surface area contributed by atoms with E-state index in [4.69, 9.17) is 0 Å². The first-order valence-corrected chi connectivity index (χ1v) is 19.3. The predicted octanol–water partition coefficient (Wildman–Crippen LogP) is 8.70. The highest BCUT2D eigenvalue weighted by Crippen LogP contribution is 2.38. The summed E-state index contributed by atoms with van der Waals surface area (Å²) in [6, 6.07) is 0. The van der Waals surface area contributed by atoms with Crippen LogP contribution in [0.4, 0.5) is 0 Å². The van der Waals surface area contributed by atoms with Gasteiger partial charge < -0.3 is 14.4 Å². The number of rotatable bonds is 4. The van der Waals surface area contributed by atoms with Crippen molar-refractivity contribution in [2.24, 2.45) is 16.8 Å². The SMILES string of the molecule is CC(C)C1=CN2C=CSC2C1.CC(C)C1=CSC2=NCCN12.CC(C)c1cn2c(n1)SCC2.CC(C)c1cn2ncsc2n1. The van der Waals surface area contributed by atoms with Gasteiger partial charge in [0.2, 0.25) is 4.96 Å². The third-order valence-electron chi connectivity index (χ3n) is 7.77. The van der Waals surface area contributed by atoms with E-state index in [1.54, 1.807) is 34.2 Å². The van der Waals surface area contributed by atoms with Crippen molar-refractivity contribution in [3.05, 3.63) is 63.8 Å². The Morgan fingerprint density at radius 1 is 0.886 bits per heavy atom. The fourth-order valence-corrected chi connectivity index (χ4v) is 8.63. The number of nitrogens with zero attached hydrogens (tertiary/aromatic N) is 8. The monoisotopic (exact) mass is 670 g/mol. The van der Waals surface area contributed by atoms with E-state index in [0.29, 0.717) is 23.1 Å². The van der Waals surface area contributed by atoms with Crippen LogP contribution in [0, 0.1) is 11.8 Å². The highest BCUT2D eigenvalue weighted by atomic mass is 32.2. The molecule has 0 aliphatic carbocycles. The second kappa shape index (κ2) is 15.0. The largest absolute Gasteiger partial charge is 0.341 e. The molecular formula is C32H46N8S4. The van der Waals surface area contributed by atoms with Gasteiger partial charge in [-0.1, -0.05) is 90.3 Å². The molecule has 0 radical (unpaired) electrons. The number of aromatic nitrogens is 5. The molecule has 44 heavy (non-hydrogen) atoms. The zero-order chi connectivity index (χ0) is 31.4. The maximum Gasteiger partial charge on any atom is 0.212 e. The molecule has 0 aromatic carbocycles. The fourth-order valence-electron chi connectivity index (χ4n) is 5.01. The van der Waals surface area contributed by atoms with Crippen LogP contribution in [0.5, 0.6) is 0 Å². The first kappa shape index (κ1) is 33.2. The molecule has 1 unspecified atom stereocenters. The Kier molecular flexibility index (Phi) is 11.3. The van der Waals surface area contributed by atoms with Crippen LogP contribution < -0.4 is 0 Å². The van der Waals surface area contributed by atoms with Gasteiger partial charge in [0.25, 0.3) is 0 Å². The van der Waals surface area contributed by atoms with Crippen LogP contribution in [-0.2, 0) is 6.54 Å². The maximum absolute atomic E-state index is 4.52. The quantitative estimate of drug-likeness (QED) is 0.273. The lowest BCUT2D eigenvalue weighted by Gasteiger charge is -2.18. The Hall–Kier alpha value is -2.15. The van der Waals surface area contributed by atoms with Crippen LogP contribution in [0.3, 0.4) is 0 Å². The highest BCUT2D eigenvalue weighted by Gasteiger charge is 2.28. The molecule has 3 aromatic heterocycles. The summed E-state index contributed by atoms with van der Waals surface area (Å²) < 4.78 is 4.07. The van der Waals surface area contributed by atoms with Crippen LogP contribution in [-0.4, -0.2) is 63.3 Å². The molecule has 8 heterocycles. The summed E-state index contributed by atoms with van der Waals surface area (Å²) in [7, 11) is 0. The molecule has 0 amide bonds. The van der Waals surface area contributed by atoms with Gasteiger partial charge in [0.15, 0.2) is 10.3 Å². The van der Waals surface area contributed by atoms with E-state index in [9.17, 15) is 0 Å². The van der Waals surface area contributed by atoms with Crippen molar-refractivity contribution in [3.8, 4) is 0 Å². The smallest absolute Gasteiger partial charge is 0.212 e. The van der Waals surface area contributed by atoms with Gasteiger partial charge in [0.1, 0.15) is 5.51 Å². The van der Waals surface area contributed by atoms with Crippen molar-refractivity contribution >= 4 is 56.8 Å². The second-order valence-electron chi connectivity index (χ2n) is 12.4. The summed E-state index contributed by atoms with van der Waals surface area (Å²) in [5, 5.41) is 11.6. The van der Waals surface area contributed by atoms with E-state index in [2.05, 4.69) is 119 Å². The number of amidine groups is 1. The Balaban J connectivity index is 0.000000116. The summed E-state index contributed by atoms with van der Waals surface area (Å²) in [5.74, 6) is 3.60. The Morgan fingerprint density at radius 2 is 1.66 bits per heavy atom. The molecule has 8 nitrogen and oxygen atoms in total. The van der Waals surface area contributed by atoms with Gasteiger partial charge in [0.05, 0.1) is 29.5 Å². The normalized spacial score (nSPS) is 19.5. The molecule has 5 aliphatic rings. The number of imidazole rings is 2. The van der Waals surface area contributed by atoms with Crippen LogP contribution >= 0.6 is 46.6 Å². The molecule has 0 fully saturated rings. The predicted molar refractivity (Wildman–Crippen MR) is 191 cm³/mol. The van der Waals surface area contributed by atoms with E-state index >= 15 is 0 Å². The average Bonchev–Trinajstić information content (AvgIpc) is 3.79. The minimum atomic E-state index is 0.490. The zero-order valence-electron chi connectivity index (χ0n) is 27.2. The van der Waals surface area contributed by atoms with Crippen molar-refractivity contribution in [2.75, 3.05) is 18.8 Å². The van der Waals surface area contributed by atoms with Crippen LogP contribution in [0.1, 0.15) is 85.0 Å². The maximum atomic E-state index is 4.52.